The molecule has 0 bridgehead atoms. The molecule has 0 saturated heterocycles. The molecule has 0 aliphatic carbocycles. The van der Waals surface area contributed by atoms with E-state index in [1.807, 2.05) is 13.8 Å². The van der Waals surface area contributed by atoms with E-state index in [-0.39, 0.29) is 10.9 Å². The van der Waals surface area contributed by atoms with Gasteiger partial charge in [0.25, 0.3) is 10.0 Å². The third-order valence-electron chi connectivity index (χ3n) is 2.67. The maximum absolute atomic E-state index is 12.3. The van der Waals surface area contributed by atoms with E-state index in [9.17, 15) is 13.2 Å². The number of carbonyl (C=O) groups excluding carboxylic acids is 1. The van der Waals surface area contributed by atoms with Crippen molar-refractivity contribution in [2.24, 2.45) is 0 Å². The fourth-order valence-corrected chi connectivity index (χ4v) is 2.99. The number of nitrogens with one attached hydrogen (secondary N) is 3. The van der Waals surface area contributed by atoms with Crippen molar-refractivity contribution < 1.29 is 13.2 Å². The summed E-state index contributed by atoms with van der Waals surface area (Å²) in [6.45, 7) is 6.36. The molecule has 118 valence electrons. The first-order chi connectivity index (χ1) is 9.92. The molecule has 1 aromatic rings. The van der Waals surface area contributed by atoms with Gasteiger partial charge in [-0.2, -0.15) is 4.72 Å². The molecule has 1 atom stereocenters. The molecular weight excluding hydrogens is 292 g/mol. The van der Waals surface area contributed by atoms with E-state index < -0.39 is 16.1 Å². The minimum Gasteiger partial charge on any atom is -0.383 e. The highest BCUT2D eigenvalue weighted by molar-refractivity contribution is 7.89. The van der Waals surface area contributed by atoms with Crippen LogP contribution in [0.4, 0.5) is 5.69 Å². The Kier molecular flexibility index (Phi) is 6.57. The maximum atomic E-state index is 12.3. The van der Waals surface area contributed by atoms with Gasteiger partial charge in [0.1, 0.15) is 0 Å². The normalized spacial score (nSPS) is 12.7. The van der Waals surface area contributed by atoms with E-state index in [0.29, 0.717) is 18.8 Å². The van der Waals surface area contributed by atoms with Crippen LogP contribution in [-0.4, -0.2) is 38.4 Å². The highest BCUT2D eigenvalue weighted by Crippen LogP contribution is 2.17. The first-order valence-electron chi connectivity index (χ1n) is 6.91. The van der Waals surface area contributed by atoms with E-state index in [1.165, 1.54) is 13.1 Å². The van der Waals surface area contributed by atoms with Crippen molar-refractivity contribution in [2.75, 3.05) is 18.4 Å². The van der Waals surface area contributed by atoms with Gasteiger partial charge in [0, 0.05) is 19.3 Å². The molecule has 0 aromatic carbocycles. The summed E-state index contributed by atoms with van der Waals surface area (Å²) in [5.74, 6) is -0.360. The molecule has 1 amide bonds. The summed E-state index contributed by atoms with van der Waals surface area (Å²) in [6, 6.07) is 2.42. The molecule has 0 radical (unpaired) electrons. The molecule has 0 aliphatic rings. The van der Waals surface area contributed by atoms with Gasteiger partial charge < -0.3 is 10.6 Å². The molecule has 0 aliphatic heterocycles. The number of hydrogen-bond acceptors (Lipinski definition) is 5. The van der Waals surface area contributed by atoms with Crippen molar-refractivity contribution >= 4 is 21.6 Å². The largest absolute Gasteiger partial charge is 0.383 e. The summed E-state index contributed by atoms with van der Waals surface area (Å²) in [7, 11) is -3.87. The van der Waals surface area contributed by atoms with Crippen LogP contribution in [0.1, 0.15) is 27.2 Å². The van der Waals surface area contributed by atoms with E-state index in [1.54, 1.807) is 12.1 Å². The van der Waals surface area contributed by atoms with Crippen LogP contribution in [0.3, 0.4) is 0 Å². The van der Waals surface area contributed by atoms with Crippen molar-refractivity contribution in [3.63, 3.8) is 0 Å². The zero-order valence-corrected chi connectivity index (χ0v) is 13.3. The van der Waals surface area contributed by atoms with Gasteiger partial charge in [-0.1, -0.05) is 6.92 Å². The van der Waals surface area contributed by atoms with Crippen molar-refractivity contribution in [1.82, 2.24) is 15.0 Å². The van der Waals surface area contributed by atoms with Crippen LogP contribution >= 0.6 is 0 Å². The third kappa shape index (κ3) is 4.98. The van der Waals surface area contributed by atoms with Gasteiger partial charge in [-0.05, 0) is 32.4 Å². The third-order valence-corrected chi connectivity index (χ3v) is 4.17. The summed E-state index contributed by atoms with van der Waals surface area (Å²) in [5, 5.41) is 5.47. The van der Waals surface area contributed by atoms with Crippen LogP contribution in [0.25, 0.3) is 0 Å². The highest BCUT2D eigenvalue weighted by Gasteiger charge is 2.25. The minimum atomic E-state index is -3.87. The van der Waals surface area contributed by atoms with Crippen molar-refractivity contribution in [2.45, 2.75) is 38.3 Å². The molecule has 0 spiro atoms. The Morgan fingerprint density at radius 3 is 2.71 bits per heavy atom. The SMILES string of the molecule is CCCNC(=O)C(C)NS(=O)(=O)c1ncccc1NCC. The van der Waals surface area contributed by atoms with Crippen LogP contribution in [0.2, 0.25) is 0 Å². The van der Waals surface area contributed by atoms with Gasteiger partial charge in [-0.25, -0.2) is 13.4 Å². The molecule has 1 aromatic heterocycles. The van der Waals surface area contributed by atoms with Crippen LogP contribution in [0.5, 0.6) is 0 Å². The summed E-state index contributed by atoms with van der Waals surface area (Å²) < 4.78 is 27.0. The van der Waals surface area contributed by atoms with Crippen LogP contribution in [0, 0.1) is 0 Å². The molecule has 0 fully saturated rings. The van der Waals surface area contributed by atoms with E-state index in [2.05, 4.69) is 20.3 Å². The minimum absolute atomic E-state index is 0.109. The number of carbonyl (C=O) groups is 1. The second-order valence-corrected chi connectivity index (χ2v) is 6.15. The number of rotatable bonds is 8. The molecule has 21 heavy (non-hydrogen) atoms. The molecule has 3 N–H and O–H groups in total. The van der Waals surface area contributed by atoms with Crippen LogP contribution in [-0.2, 0) is 14.8 Å². The molecule has 0 saturated carbocycles. The number of aromatic nitrogens is 1. The van der Waals surface area contributed by atoms with Gasteiger partial charge in [0.2, 0.25) is 5.91 Å². The average Bonchev–Trinajstić information content (AvgIpc) is 2.45. The van der Waals surface area contributed by atoms with Crippen LogP contribution in [0.15, 0.2) is 23.4 Å². The monoisotopic (exact) mass is 314 g/mol. The maximum Gasteiger partial charge on any atom is 0.260 e. The van der Waals surface area contributed by atoms with Crippen molar-refractivity contribution in [3.8, 4) is 0 Å². The lowest BCUT2D eigenvalue weighted by Gasteiger charge is -2.15. The topological polar surface area (TPSA) is 100 Å². The molecule has 1 rings (SSSR count). The lowest BCUT2D eigenvalue weighted by atomic mass is 10.3. The fourth-order valence-electron chi connectivity index (χ4n) is 1.67. The van der Waals surface area contributed by atoms with Crippen molar-refractivity contribution in [1.29, 1.82) is 0 Å². The summed E-state index contributed by atoms with van der Waals surface area (Å²) in [6.07, 6.45) is 2.19. The smallest absolute Gasteiger partial charge is 0.260 e. The Bertz CT molecular complexity index is 575. The molecule has 7 nitrogen and oxygen atoms in total. The predicted octanol–water partition coefficient (Wildman–Crippen LogP) is 0.706. The number of pyridine rings is 1. The second kappa shape index (κ2) is 7.94. The summed E-state index contributed by atoms with van der Waals surface area (Å²) in [4.78, 5) is 15.6. The van der Waals surface area contributed by atoms with Crippen molar-refractivity contribution in [3.05, 3.63) is 18.3 Å². The lowest BCUT2D eigenvalue weighted by molar-refractivity contribution is -0.122. The van der Waals surface area contributed by atoms with Crippen LogP contribution < -0.4 is 15.4 Å². The first kappa shape index (κ1) is 17.4. The van der Waals surface area contributed by atoms with Gasteiger partial charge in [-0.3, -0.25) is 4.79 Å². The lowest BCUT2D eigenvalue weighted by Crippen LogP contribution is -2.45. The van der Waals surface area contributed by atoms with E-state index in [4.69, 9.17) is 0 Å². The number of sulfonamides is 1. The van der Waals surface area contributed by atoms with Gasteiger partial charge >= 0.3 is 0 Å². The quantitative estimate of drug-likeness (QED) is 0.656. The zero-order chi connectivity index (χ0) is 15.9. The zero-order valence-electron chi connectivity index (χ0n) is 12.5. The number of amides is 1. The Hall–Kier alpha value is -1.67. The second-order valence-electron chi connectivity index (χ2n) is 4.52. The molecule has 1 heterocycles. The van der Waals surface area contributed by atoms with E-state index >= 15 is 0 Å². The Morgan fingerprint density at radius 1 is 1.38 bits per heavy atom. The molecule has 1 unspecified atom stereocenters. The van der Waals surface area contributed by atoms with Gasteiger partial charge in [0.05, 0.1) is 11.7 Å². The summed E-state index contributed by atoms with van der Waals surface area (Å²) >= 11 is 0. The Morgan fingerprint density at radius 2 is 2.10 bits per heavy atom. The Balaban J connectivity index is 2.89. The Labute approximate surface area is 125 Å². The standard InChI is InChI=1S/C13H22N4O3S/c1-4-8-15-12(18)10(3)17-21(19,20)13-11(14-5-2)7-6-9-16-13/h6-7,9-10,14,17H,4-5,8H2,1-3H3,(H,15,18). The molecule has 8 heteroatoms. The van der Waals surface area contributed by atoms with E-state index in [0.717, 1.165) is 6.42 Å². The first-order valence-corrected chi connectivity index (χ1v) is 8.39. The number of nitrogens with zero attached hydrogens (tertiary/aromatic N) is 1. The fraction of sp³-hybridized carbons (Fsp3) is 0.538. The average molecular weight is 314 g/mol. The molecular formula is C13H22N4O3S. The summed E-state index contributed by atoms with van der Waals surface area (Å²) in [5.41, 5.74) is 0.411. The van der Waals surface area contributed by atoms with Gasteiger partial charge in [0.15, 0.2) is 5.03 Å². The predicted molar refractivity (Wildman–Crippen MR) is 81.5 cm³/mol. The number of hydrogen-bond donors (Lipinski definition) is 3. The number of anilines is 1. The highest BCUT2D eigenvalue weighted by atomic mass is 32.2. The van der Waals surface area contributed by atoms with Gasteiger partial charge in [-0.15, -0.1) is 0 Å².